The Kier molecular flexibility index (Phi) is 8.65. The van der Waals surface area contributed by atoms with E-state index in [4.69, 9.17) is 15.1 Å². The fourth-order valence-corrected chi connectivity index (χ4v) is 10.0. The molecule has 0 fully saturated rings. The average molecular weight is 809 g/mol. The molecule has 8 aromatic carbocycles. The van der Waals surface area contributed by atoms with Gasteiger partial charge in [-0.1, -0.05) is 188 Å². The molecule has 12 aromatic rings. The molecule has 0 saturated carbocycles. The average Bonchev–Trinajstić information content (AvgIpc) is 3.95. The summed E-state index contributed by atoms with van der Waals surface area (Å²) in [6.45, 7) is 0. The van der Waals surface area contributed by atoms with Crippen LogP contribution in [0.1, 0.15) is 0 Å². The molecule has 4 nitrogen and oxygen atoms in total. The SMILES string of the molecule is c1ccc(-c2cc(-c3cccc(-c4cccc5sc6ccccc6c45)c3)nc(-c3ccc(-c4cc5ccccc5c5c(-c6ccccc6)c(-c6ccccc6)nn45)cc3)n2)cc1. The standard InChI is InChI=1S/C57H36N4S/c1-4-16-37(17-5-1)48-36-49(44-24-14-23-42(34-44)45-27-15-29-52-54(45)47-26-12-13-28-51(47)62-52)59-57(58-48)41-32-30-38(31-33-41)50-35-43-22-10-11-25-46(43)56-53(39-18-6-2-7-19-39)55(60-61(50)56)40-20-8-3-9-21-40/h1-36H. The molecule has 0 radical (unpaired) electrons. The number of aromatic nitrogens is 4. The van der Waals surface area contributed by atoms with Crippen molar-refractivity contribution in [1.29, 1.82) is 0 Å². The van der Waals surface area contributed by atoms with Crippen molar-refractivity contribution in [1.82, 2.24) is 19.6 Å². The Morgan fingerprint density at radius 3 is 1.74 bits per heavy atom. The Balaban J connectivity index is 0.997. The third-order valence-corrected chi connectivity index (χ3v) is 13.0. The molecule has 290 valence electrons. The van der Waals surface area contributed by atoms with E-state index in [1.54, 1.807) is 0 Å². The molecular formula is C57H36N4S. The summed E-state index contributed by atoms with van der Waals surface area (Å²) in [5, 5.41) is 10.3. The number of fused-ring (bicyclic) bond motifs is 6. The number of hydrogen-bond donors (Lipinski definition) is 0. The van der Waals surface area contributed by atoms with Crippen molar-refractivity contribution in [2.75, 3.05) is 0 Å². The lowest BCUT2D eigenvalue weighted by Crippen LogP contribution is -1.97. The van der Waals surface area contributed by atoms with Gasteiger partial charge in [-0.2, -0.15) is 5.10 Å². The maximum absolute atomic E-state index is 5.41. The highest BCUT2D eigenvalue weighted by molar-refractivity contribution is 7.25. The summed E-state index contributed by atoms with van der Waals surface area (Å²) in [5.41, 5.74) is 14.6. The molecule has 0 bridgehead atoms. The van der Waals surface area contributed by atoms with Crippen molar-refractivity contribution in [3.05, 3.63) is 218 Å². The zero-order valence-corrected chi connectivity index (χ0v) is 34.3. The maximum Gasteiger partial charge on any atom is 0.160 e. The largest absolute Gasteiger partial charge is 0.231 e. The lowest BCUT2D eigenvalue weighted by molar-refractivity contribution is 0.979. The molecule has 0 saturated heterocycles. The minimum atomic E-state index is 0.671. The molecule has 0 spiro atoms. The number of thiophene rings is 1. The van der Waals surface area contributed by atoms with E-state index in [-0.39, 0.29) is 0 Å². The van der Waals surface area contributed by atoms with Gasteiger partial charge in [-0.15, -0.1) is 11.3 Å². The molecule has 0 N–H and O–H groups in total. The highest BCUT2D eigenvalue weighted by Gasteiger charge is 2.22. The molecule has 0 amide bonds. The third kappa shape index (κ3) is 6.18. The van der Waals surface area contributed by atoms with Gasteiger partial charge >= 0.3 is 0 Å². The van der Waals surface area contributed by atoms with Crippen molar-refractivity contribution in [3.63, 3.8) is 0 Å². The van der Waals surface area contributed by atoms with Crippen LogP contribution in [-0.2, 0) is 0 Å². The molecular weight excluding hydrogens is 773 g/mol. The van der Waals surface area contributed by atoms with Gasteiger partial charge in [-0.3, -0.25) is 0 Å². The summed E-state index contributed by atoms with van der Waals surface area (Å²) in [5.74, 6) is 0.671. The predicted octanol–water partition coefficient (Wildman–Crippen LogP) is 15.3. The summed E-state index contributed by atoms with van der Waals surface area (Å²) < 4.78 is 4.73. The quantitative estimate of drug-likeness (QED) is 0.161. The van der Waals surface area contributed by atoms with Gasteiger partial charge in [0.05, 0.1) is 22.6 Å². The summed E-state index contributed by atoms with van der Waals surface area (Å²) in [6.07, 6.45) is 0. The van der Waals surface area contributed by atoms with E-state index in [2.05, 4.69) is 217 Å². The Hall–Kier alpha value is -7.99. The number of rotatable bonds is 7. The first-order chi connectivity index (χ1) is 30.7. The Labute approximate surface area is 362 Å². The molecule has 62 heavy (non-hydrogen) atoms. The molecule has 0 unspecified atom stereocenters. The summed E-state index contributed by atoms with van der Waals surface area (Å²) in [7, 11) is 0. The van der Waals surface area contributed by atoms with E-state index in [9.17, 15) is 0 Å². The summed E-state index contributed by atoms with van der Waals surface area (Å²) in [4.78, 5) is 10.5. The van der Waals surface area contributed by atoms with E-state index in [1.807, 2.05) is 17.4 Å². The van der Waals surface area contributed by atoms with Crippen LogP contribution < -0.4 is 0 Å². The van der Waals surface area contributed by atoms with Crippen LogP contribution in [-0.4, -0.2) is 19.6 Å². The fourth-order valence-electron chi connectivity index (χ4n) is 8.90. The van der Waals surface area contributed by atoms with Crippen LogP contribution in [0.3, 0.4) is 0 Å². The van der Waals surface area contributed by atoms with Crippen LogP contribution in [0.15, 0.2) is 218 Å². The second-order valence-electron chi connectivity index (χ2n) is 15.6. The van der Waals surface area contributed by atoms with Crippen molar-refractivity contribution >= 4 is 47.8 Å². The molecule has 0 aliphatic heterocycles. The van der Waals surface area contributed by atoms with Gasteiger partial charge in [0.15, 0.2) is 5.82 Å². The highest BCUT2D eigenvalue weighted by Crippen LogP contribution is 2.43. The van der Waals surface area contributed by atoms with Crippen molar-refractivity contribution in [3.8, 4) is 78.7 Å². The predicted molar refractivity (Wildman–Crippen MR) is 259 cm³/mol. The Morgan fingerprint density at radius 2 is 0.968 bits per heavy atom. The molecule has 12 rings (SSSR count). The molecule has 0 atom stereocenters. The van der Waals surface area contributed by atoms with E-state index in [0.29, 0.717) is 5.82 Å². The lowest BCUT2D eigenvalue weighted by atomic mass is 9.96. The molecule has 4 aromatic heterocycles. The number of hydrogen-bond acceptors (Lipinski definition) is 4. The normalized spacial score (nSPS) is 11.5. The Morgan fingerprint density at radius 1 is 0.387 bits per heavy atom. The summed E-state index contributed by atoms with van der Waals surface area (Å²) >= 11 is 1.84. The first-order valence-electron chi connectivity index (χ1n) is 20.9. The van der Waals surface area contributed by atoms with Crippen LogP contribution in [0.25, 0.3) is 115 Å². The zero-order chi connectivity index (χ0) is 41.0. The Bertz CT molecular complexity index is 3610. The molecule has 4 heterocycles. The number of nitrogens with zero attached hydrogens (tertiary/aromatic N) is 4. The second kappa shape index (κ2) is 14.9. The van der Waals surface area contributed by atoms with Gasteiger partial charge in [0, 0.05) is 58.9 Å². The minimum absolute atomic E-state index is 0.671. The van der Waals surface area contributed by atoms with Crippen molar-refractivity contribution in [2.45, 2.75) is 0 Å². The monoisotopic (exact) mass is 808 g/mol. The summed E-state index contributed by atoms with van der Waals surface area (Å²) in [6, 6.07) is 77.2. The first kappa shape index (κ1) is 35.9. The van der Waals surface area contributed by atoms with Crippen LogP contribution in [0.5, 0.6) is 0 Å². The van der Waals surface area contributed by atoms with Gasteiger partial charge in [-0.25, -0.2) is 14.5 Å². The molecule has 5 heteroatoms. The third-order valence-electron chi connectivity index (χ3n) is 11.8. The van der Waals surface area contributed by atoms with Gasteiger partial charge < -0.3 is 0 Å². The lowest BCUT2D eigenvalue weighted by Gasteiger charge is -2.12. The van der Waals surface area contributed by atoms with E-state index in [0.717, 1.165) is 83.6 Å². The van der Waals surface area contributed by atoms with Crippen LogP contribution in [0, 0.1) is 0 Å². The van der Waals surface area contributed by atoms with Crippen LogP contribution in [0.2, 0.25) is 0 Å². The molecule has 0 aliphatic rings. The van der Waals surface area contributed by atoms with Gasteiger partial charge in [-0.05, 0) is 52.4 Å². The minimum Gasteiger partial charge on any atom is -0.231 e. The first-order valence-corrected chi connectivity index (χ1v) is 21.7. The number of benzene rings is 8. The van der Waals surface area contributed by atoms with Crippen LogP contribution in [0.4, 0.5) is 0 Å². The van der Waals surface area contributed by atoms with E-state index in [1.165, 1.54) is 25.7 Å². The highest BCUT2D eigenvalue weighted by atomic mass is 32.1. The van der Waals surface area contributed by atoms with E-state index < -0.39 is 0 Å². The van der Waals surface area contributed by atoms with Gasteiger partial charge in [0.1, 0.15) is 5.69 Å². The topological polar surface area (TPSA) is 43.1 Å². The second-order valence-corrected chi connectivity index (χ2v) is 16.7. The maximum atomic E-state index is 5.41. The van der Waals surface area contributed by atoms with E-state index >= 15 is 0 Å². The number of pyridine rings is 1. The van der Waals surface area contributed by atoms with Gasteiger partial charge in [0.25, 0.3) is 0 Å². The van der Waals surface area contributed by atoms with Crippen molar-refractivity contribution in [2.24, 2.45) is 0 Å². The van der Waals surface area contributed by atoms with Crippen molar-refractivity contribution < 1.29 is 0 Å². The van der Waals surface area contributed by atoms with Crippen LogP contribution >= 0.6 is 11.3 Å². The fraction of sp³-hybridized carbons (Fsp3) is 0. The smallest absolute Gasteiger partial charge is 0.160 e. The van der Waals surface area contributed by atoms with Gasteiger partial charge in [0.2, 0.25) is 0 Å². The zero-order valence-electron chi connectivity index (χ0n) is 33.5. The molecule has 0 aliphatic carbocycles.